The number of rotatable bonds is 12. The van der Waals surface area contributed by atoms with E-state index < -0.39 is 22.0 Å². The van der Waals surface area contributed by atoms with Crippen molar-refractivity contribution in [2.24, 2.45) is 5.10 Å². The van der Waals surface area contributed by atoms with E-state index in [0.29, 0.717) is 41.7 Å². The molecule has 3 aromatic carbocycles. The van der Waals surface area contributed by atoms with Gasteiger partial charge in [-0.3, -0.25) is 9.10 Å². The number of carbonyl (C=O) groups is 1. The summed E-state index contributed by atoms with van der Waals surface area (Å²) < 4.78 is 42.7. The number of anilines is 1. The number of hydrogen-bond acceptors (Lipinski definition) is 7. The summed E-state index contributed by atoms with van der Waals surface area (Å²) in [7, 11) is -2.24. The second-order valence-corrected chi connectivity index (χ2v) is 9.94. The van der Waals surface area contributed by atoms with Gasteiger partial charge < -0.3 is 14.2 Å². The van der Waals surface area contributed by atoms with E-state index in [4.69, 9.17) is 14.2 Å². The van der Waals surface area contributed by atoms with Crippen LogP contribution in [0.1, 0.15) is 25.0 Å². The summed E-state index contributed by atoms with van der Waals surface area (Å²) in [6.07, 6.45) is 2.49. The van der Waals surface area contributed by atoms with E-state index in [-0.39, 0.29) is 0 Å². The van der Waals surface area contributed by atoms with Gasteiger partial charge in [0.05, 0.1) is 31.9 Å². The molecule has 3 rings (SSSR count). The Hall–Kier alpha value is -4.05. The Bertz CT molecular complexity index is 1310. The highest BCUT2D eigenvalue weighted by atomic mass is 32.2. The maximum atomic E-state index is 12.8. The summed E-state index contributed by atoms with van der Waals surface area (Å²) >= 11 is 0. The zero-order chi connectivity index (χ0) is 26.8. The van der Waals surface area contributed by atoms with Gasteiger partial charge in [0.2, 0.25) is 10.0 Å². The van der Waals surface area contributed by atoms with Crippen molar-refractivity contribution >= 4 is 27.8 Å². The van der Waals surface area contributed by atoms with Crippen LogP contribution in [-0.4, -0.2) is 46.6 Å². The van der Waals surface area contributed by atoms with Crippen LogP contribution in [-0.2, 0) is 21.4 Å². The average molecular weight is 526 g/mol. The molecular formula is C27H31N3O6S. The van der Waals surface area contributed by atoms with Gasteiger partial charge >= 0.3 is 0 Å². The molecule has 0 heterocycles. The van der Waals surface area contributed by atoms with Crippen LogP contribution in [0.4, 0.5) is 5.69 Å². The van der Waals surface area contributed by atoms with Crippen molar-refractivity contribution in [2.45, 2.75) is 26.5 Å². The highest BCUT2D eigenvalue weighted by Crippen LogP contribution is 2.29. The van der Waals surface area contributed by atoms with Gasteiger partial charge in [0, 0.05) is 0 Å². The predicted octanol–water partition coefficient (Wildman–Crippen LogP) is 3.98. The second kappa shape index (κ2) is 12.8. The van der Waals surface area contributed by atoms with Gasteiger partial charge in [-0.25, -0.2) is 13.8 Å². The first-order valence-corrected chi connectivity index (χ1v) is 13.5. The Labute approximate surface area is 217 Å². The molecule has 1 amide bonds. The zero-order valence-electron chi connectivity index (χ0n) is 21.2. The van der Waals surface area contributed by atoms with E-state index in [1.165, 1.54) is 20.2 Å². The van der Waals surface area contributed by atoms with Crippen molar-refractivity contribution in [3.63, 3.8) is 0 Å². The quantitative estimate of drug-likeness (QED) is 0.283. The Morgan fingerprint density at radius 3 is 2.35 bits per heavy atom. The van der Waals surface area contributed by atoms with Crippen LogP contribution in [0, 0.1) is 0 Å². The molecule has 10 heteroatoms. The summed E-state index contributed by atoms with van der Waals surface area (Å²) in [5.41, 5.74) is 4.45. The summed E-state index contributed by atoms with van der Waals surface area (Å²) in [6.45, 7) is 4.21. The third-order valence-corrected chi connectivity index (χ3v) is 6.55. The molecule has 9 nitrogen and oxygen atoms in total. The van der Waals surface area contributed by atoms with E-state index in [1.807, 2.05) is 37.3 Å². The second-order valence-electron chi connectivity index (χ2n) is 8.08. The summed E-state index contributed by atoms with van der Waals surface area (Å²) in [6, 6.07) is 20.4. The van der Waals surface area contributed by atoms with Gasteiger partial charge in [-0.05, 0) is 67.4 Å². The fourth-order valence-electron chi connectivity index (χ4n) is 3.53. The van der Waals surface area contributed by atoms with Crippen LogP contribution in [0.2, 0.25) is 0 Å². The minimum Gasteiger partial charge on any atom is -0.497 e. The van der Waals surface area contributed by atoms with E-state index in [0.717, 1.165) is 16.1 Å². The van der Waals surface area contributed by atoms with Crippen molar-refractivity contribution in [3.8, 4) is 17.2 Å². The standard InChI is InChI=1S/C27H31N3O6S/c1-5-35-26-17-22(11-16-25(26)36-19-21-9-7-6-8-10-21)18-28-29-27(31)20(2)30(37(4,32)33)23-12-14-24(34-3)15-13-23/h6-18,20H,5,19H2,1-4H3,(H,29,31)/b28-18-/t20-/m0/s1. The molecule has 0 aliphatic rings. The number of sulfonamides is 1. The first kappa shape index (κ1) is 27.5. The Morgan fingerprint density at radius 2 is 1.73 bits per heavy atom. The molecule has 0 saturated carbocycles. The molecule has 0 bridgehead atoms. The smallest absolute Gasteiger partial charge is 0.263 e. The molecule has 37 heavy (non-hydrogen) atoms. The van der Waals surface area contributed by atoms with Crippen molar-refractivity contribution in [1.82, 2.24) is 5.43 Å². The van der Waals surface area contributed by atoms with Crippen molar-refractivity contribution < 1.29 is 27.4 Å². The minimum absolute atomic E-state index is 0.336. The molecule has 0 fully saturated rings. The first-order chi connectivity index (χ1) is 17.7. The van der Waals surface area contributed by atoms with Gasteiger partial charge in [-0.15, -0.1) is 0 Å². The number of methoxy groups -OCH3 is 1. The Kier molecular flexibility index (Phi) is 9.51. The highest BCUT2D eigenvalue weighted by Gasteiger charge is 2.29. The lowest BCUT2D eigenvalue weighted by atomic mass is 10.2. The molecule has 0 unspecified atom stereocenters. The molecule has 0 saturated heterocycles. The number of hydrogen-bond donors (Lipinski definition) is 1. The normalized spacial score (nSPS) is 12.1. The van der Waals surface area contributed by atoms with Crippen LogP contribution >= 0.6 is 0 Å². The maximum absolute atomic E-state index is 12.8. The molecule has 0 radical (unpaired) electrons. The van der Waals surface area contributed by atoms with E-state index in [9.17, 15) is 13.2 Å². The molecule has 0 aliphatic heterocycles. The lowest BCUT2D eigenvalue weighted by Gasteiger charge is -2.27. The van der Waals surface area contributed by atoms with Crippen molar-refractivity contribution in [3.05, 3.63) is 83.9 Å². The largest absolute Gasteiger partial charge is 0.497 e. The third-order valence-electron chi connectivity index (χ3n) is 5.31. The topological polar surface area (TPSA) is 107 Å². The van der Waals surface area contributed by atoms with Crippen LogP contribution < -0.4 is 23.9 Å². The van der Waals surface area contributed by atoms with Crippen molar-refractivity contribution in [1.29, 1.82) is 0 Å². The monoisotopic (exact) mass is 525 g/mol. The van der Waals surface area contributed by atoms with Crippen LogP contribution in [0.25, 0.3) is 0 Å². The van der Waals surface area contributed by atoms with Crippen LogP contribution in [0.5, 0.6) is 17.2 Å². The van der Waals surface area contributed by atoms with Gasteiger partial charge in [0.25, 0.3) is 5.91 Å². The molecule has 196 valence electrons. The molecule has 1 atom stereocenters. The van der Waals surface area contributed by atoms with Crippen LogP contribution in [0.15, 0.2) is 77.9 Å². The predicted molar refractivity (Wildman–Crippen MR) is 144 cm³/mol. The van der Waals surface area contributed by atoms with Gasteiger partial charge in [-0.2, -0.15) is 5.10 Å². The zero-order valence-corrected chi connectivity index (χ0v) is 22.1. The van der Waals surface area contributed by atoms with Gasteiger partial charge in [-0.1, -0.05) is 30.3 Å². The first-order valence-electron chi connectivity index (χ1n) is 11.6. The molecule has 0 spiro atoms. The Morgan fingerprint density at radius 1 is 1.03 bits per heavy atom. The average Bonchev–Trinajstić information content (AvgIpc) is 2.88. The lowest BCUT2D eigenvalue weighted by molar-refractivity contribution is -0.121. The van der Waals surface area contributed by atoms with Crippen molar-refractivity contribution in [2.75, 3.05) is 24.3 Å². The molecular weight excluding hydrogens is 494 g/mol. The van der Waals surface area contributed by atoms with Gasteiger partial charge in [0.1, 0.15) is 18.4 Å². The van der Waals surface area contributed by atoms with E-state index in [2.05, 4.69) is 10.5 Å². The number of nitrogens with zero attached hydrogens (tertiary/aromatic N) is 2. The fraction of sp³-hybridized carbons (Fsp3) is 0.259. The summed E-state index contributed by atoms with van der Waals surface area (Å²) in [5.74, 6) is 1.11. The van der Waals surface area contributed by atoms with Gasteiger partial charge in [0.15, 0.2) is 11.5 Å². The number of hydrazone groups is 1. The molecule has 0 aromatic heterocycles. The fourth-order valence-corrected chi connectivity index (χ4v) is 4.70. The number of amides is 1. The maximum Gasteiger partial charge on any atom is 0.263 e. The minimum atomic E-state index is -3.75. The number of carbonyl (C=O) groups excluding carboxylic acids is 1. The summed E-state index contributed by atoms with van der Waals surface area (Å²) in [5, 5.41) is 4.01. The lowest BCUT2D eigenvalue weighted by Crippen LogP contribution is -2.46. The van der Waals surface area contributed by atoms with Crippen LogP contribution in [0.3, 0.4) is 0 Å². The van der Waals surface area contributed by atoms with E-state index >= 15 is 0 Å². The molecule has 1 N–H and O–H groups in total. The highest BCUT2D eigenvalue weighted by molar-refractivity contribution is 7.92. The molecule has 0 aliphatic carbocycles. The van der Waals surface area contributed by atoms with E-state index in [1.54, 1.807) is 42.5 Å². The Balaban J connectivity index is 1.69. The number of nitrogens with one attached hydrogen (secondary N) is 1. The molecule has 3 aromatic rings. The SMILES string of the molecule is CCOc1cc(/C=N\NC(=O)[C@H](C)N(c2ccc(OC)cc2)S(C)(=O)=O)ccc1OCc1ccccc1. The third kappa shape index (κ3) is 7.71. The summed E-state index contributed by atoms with van der Waals surface area (Å²) in [4.78, 5) is 12.8. The number of benzene rings is 3. The number of ether oxygens (including phenoxy) is 3.